The molecule has 0 unspecified atom stereocenters. The van der Waals surface area contributed by atoms with E-state index in [-0.39, 0.29) is 17.4 Å². The maximum atomic E-state index is 12.4. The summed E-state index contributed by atoms with van der Waals surface area (Å²) in [5.74, 6) is 0.630. The van der Waals surface area contributed by atoms with E-state index in [1.807, 2.05) is 12.1 Å². The molecular formula is C19H16ClF2N5O. The highest BCUT2D eigenvalue weighted by Gasteiger charge is 2.25. The van der Waals surface area contributed by atoms with Gasteiger partial charge in [0.25, 0.3) is 0 Å². The average Bonchev–Trinajstić information content (AvgIpc) is 2.66. The summed E-state index contributed by atoms with van der Waals surface area (Å²) in [5, 5.41) is 21.3. The molecule has 2 aromatic rings. The Balaban J connectivity index is 1.83. The molecule has 2 heterocycles. The molecule has 6 nitrogen and oxygen atoms in total. The molecule has 0 saturated carbocycles. The number of nitriles is 2. The lowest BCUT2D eigenvalue weighted by Gasteiger charge is -2.30. The fraction of sp³-hybridized carbons (Fsp3) is 0.316. The molecular weight excluding hydrogens is 388 g/mol. The Morgan fingerprint density at radius 1 is 1.32 bits per heavy atom. The van der Waals surface area contributed by atoms with Crippen LogP contribution in [0, 0.1) is 22.7 Å². The second-order valence-electron chi connectivity index (χ2n) is 6.19. The number of pyridine rings is 1. The zero-order valence-corrected chi connectivity index (χ0v) is 15.5. The van der Waals surface area contributed by atoms with Crippen molar-refractivity contribution in [3.8, 4) is 17.9 Å². The van der Waals surface area contributed by atoms with Gasteiger partial charge in [0.2, 0.25) is 0 Å². The molecule has 9 heteroatoms. The highest BCUT2D eigenvalue weighted by atomic mass is 35.5. The lowest BCUT2D eigenvalue weighted by molar-refractivity contribution is -0.0499. The largest absolute Gasteiger partial charge is 0.435 e. The fourth-order valence-corrected chi connectivity index (χ4v) is 3.49. The number of halogens is 3. The summed E-state index contributed by atoms with van der Waals surface area (Å²) >= 11 is 6.16. The van der Waals surface area contributed by atoms with Gasteiger partial charge in [-0.3, -0.25) is 4.90 Å². The molecule has 144 valence electrons. The van der Waals surface area contributed by atoms with Crippen LogP contribution in [0.1, 0.15) is 22.3 Å². The molecule has 1 aromatic carbocycles. The third-order valence-electron chi connectivity index (χ3n) is 4.40. The summed E-state index contributed by atoms with van der Waals surface area (Å²) in [4.78, 5) is 6.31. The fourth-order valence-electron chi connectivity index (χ4n) is 3.25. The highest BCUT2D eigenvalue weighted by Crippen LogP contribution is 2.32. The molecule has 1 aromatic heterocycles. The molecule has 0 amide bonds. The first kappa shape index (κ1) is 19.8. The van der Waals surface area contributed by atoms with Crippen molar-refractivity contribution in [2.24, 2.45) is 0 Å². The molecule has 1 N–H and O–H groups in total. The smallest absolute Gasteiger partial charge is 0.387 e. The van der Waals surface area contributed by atoms with Gasteiger partial charge in [0.05, 0.1) is 11.6 Å². The van der Waals surface area contributed by atoms with Crippen LogP contribution in [-0.2, 0) is 19.5 Å². The third kappa shape index (κ3) is 4.48. The van der Waals surface area contributed by atoms with Crippen molar-refractivity contribution in [2.75, 3.05) is 18.4 Å². The van der Waals surface area contributed by atoms with Crippen molar-refractivity contribution in [1.82, 2.24) is 9.88 Å². The Hall–Kier alpha value is -2.94. The Morgan fingerprint density at radius 3 is 2.86 bits per heavy atom. The SMILES string of the molecule is N#CCNc1nc(Cl)c(C#N)c2c1CCN(Cc1cccc(OC(F)F)c1)C2. The van der Waals surface area contributed by atoms with Gasteiger partial charge in [0, 0.05) is 25.2 Å². The summed E-state index contributed by atoms with van der Waals surface area (Å²) in [6.45, 7) is -1.14. The zero-order chi connectivity index (χ0) is 20.1. The lowest BCUT2D eigenvalue weighted by Crippen LogP contribution is -2.31. The van der Waals surface area contributed by atoms with Crippen molar-refractivity contribution in [3.05, 3.63) is 51.7 Å². The number of nitrogens with one attached hydrogen (secondary N) is 1. The second kappa shape index (κ2) is 8.83. The van der Waals surface area contributed by atoms with Crippen molar-refractivity contribution < 1.29 is 13.5 Å². The van der Waals surface area contributed by atoms with E-state index >= 15 is 0 Å². The number of benzene rings is 1. The Labute approximate surface area is 165 Å². The van der Waals surface area contributed by atoms with Gasteiger partial charge in [-0.25, -0.2) is 4.98 Å². The summed E-state index contributed by atoms with van der Waals surface area (Å²) in [7, 11) is 0. The van der Waals surface area contributed by atoms with Gasteiger partial charge < -0.3 is 10.1 Å². The number of ether oxygens (including phenoxy) is 1. The van der Waals surface area contributed by atoms with E-state index in [2.05, 4.69) is 26.0 Å². The van der Waals surface area contributed by atoms with Crippen LogP contribution in [0.3, 0.4) is 0 Å². The highest BCUT2D eigenvalue weighted by molar-refractivity contribution is 6.30. The number of hydrogen-bond donors (Lipinski definition) is 1. The number of fused-ring (bicyclic) bond motifs is 1. The van der Waals surface area contributed by atoms with E-state index in [0.29, 0.717) is 37.4 Å². The normalized spacial score (nSPS) is 13.5. The molecule has 28 heavy (non-hydrogen) atoms. The first-order valence-electron chi connectivity index (χ1n) is 8.50. The van der Waals surface area contributed by atoms with Crippen LogP contribution in [0.15, 0.2) is 24.3 Å². The lowest BCUT2D eigenvalue weighted by atomic mass is 9.96. The van der Waals surface area contributed by atoms with Crippen molar-refractivity contribution >= 4 is 17.4 Å². The summed E-state index contributed by atoms with van der Waals surface area (Å²) in [5.41, 5.74) is 2.79. The van der Waals surface area contributed by atoms with Gasteiger partial charge in [0.15, 0.2) is 0 Å². The summed E-state index contributed by atoms with van der Waals surface area (Å²) in [6.07, 6.45) is 0.620. The molecule has 1 aliphatic heterocycles. The van der Waals surface area contributed by atoms with E-state index in [9.17, 15) is 14.0 Å². The molecule has 3 rings (SSSR count). The monoisotopic (exact) mass is 403 g/mol. The number of nitrogens with zero attached hydrogens (tertiary/aromatic N) is 4. The van der Waals surface area contributed by atoms with Crippen molar-refractivity contribution in [2.45, 2.75) is 26.1 Å². The van der Waals surface area contributed by atoms with Crippen LogP contribution in [0.5, 0.6) is 5.75 Å². The van der Waals surface area contributed by atoms with Crippen molar-refractivity contribution in [3.63, 3.8) is 0 Å². The third-order valence-corrected chi connectivity index (χ3v) is 4.68. The van der Waals surface area contributed by atoms with Crippen LogP contribution in [0.25, 0.3) is 0 Å². The van der Waals surface area contributed by atoms with Gasteiger partial charge in [-0.15, -0.1) is 0 Å². The average molecular weight is 404 g/mol. The maximum Gasteiger partial charge on any atom is 0.387 e. The Morgan fingerprint density at radius 2 is 2.14 bits per heavy atom. The number of anilines is 1. The minimum Gasteiger partial charge on any atom is -0.435 e. The molecule has 1 aliphatic rings. The van der Waals surface area contributed by atoms with Gasteiger partial charge in [-0.05, 0) is 29.7 Å². The topological polar surface area (TPSA) is 85.0 Å². The first-order chi connectivity index (χ1) is 13.5. The number of alkyl halides is 2. The van der Waals surface area contributed by atoms with Crippen LogP contribution < -0.4 is 10.1 Å². The maximum absolute atomic E-state index is 12.4. The van der Waals surface area contributed by atoms with E-state index < -0.39 is 6.61 Å². The van der Waals surface area contributed by atoms with Gasteiger partial charge in [0.1, 0.15) is 29.3 Å². The van der Waals surface area contributed by atoms with Gasteiger partial charge >= 0.3 is 6.61 Å². The molecule has 0 atom stereocenters. The molecule has 0 saturated heterocycles. The predicted octanol–water partition coefficient (Wildman–Crippen LogP) is 3.70. The molecule has 0 fully saturated rings. The first-order valence-corrected chi connectivity index (χ1v) is 8.88. The second-order valence-corrected chi connectivity index (χ2v) is 6.55. The predicted molar refractivity (Wildman–Crippen MR) is 99.0 cm³/mol. The number of hydrogen-bond acceptors (Lipinski definition) is 6. The van der Waals surface area contributed by atoms with E-state index in [0.717, 1.165) is 16.7 Å². The summed E-state index contributed by atoms with van der Waals surface area (Å²) < 4.78 is 29.3. The Bertz CT molecular complexity index is 955. The van der Waals surface area contributed by atoms with Crippen LogP contribution in [0.4, 0.5) is 14.6 Å². The molecule has 0 aliphatic carbocycles. The quantitative estimate of drug-likeness (QED) is 0.584. The van der Waals surface area contributed by atoms with E-state index in [4.69, 9.17) is 16.9 Å². The number of rotatable bonds is 6. The standard InChI is InChI=1S/C19H16ClF2N5O/c20-17-15(9-24)16-11-27(7-4-14(16)18(26-17)25-6-5-23)10-12-2-1-3-13(8-12)28-19(21)22/h1-3,8,19H,4,6-7,10-11H2,(H,25,26). The van der Waals surface area contributed by atoms with Crippen LogP contribution >= 0.6 is 11.6 Å². The van der Waals surface area contributed by atoms with Crippen LogP contribution in [-0.4, -0.2) is 29.6 Å². The summed E-state index contributed by atoms with van der Waals surface area (Å²) in [6, 6.07) is 10.7. The van der Waals surface area contributed by atoms with Crippen LogP contribution in [0.2, 0.25) is 5.15 Å². The minimum atomic E-state index is -2.87. The van der Waals surface area contributed by atoms with E-state index in [1.165, 1.54) is 6.07 Å². The van der Waals surface area contributed by atoms with Gasteiger partial charge in [-0.2, -0.15) is 19.3 Å². The Kier molecular flexibility index (Phi) is 6.25. The molecule has 0 spiro atoms. The minimum absolute atomic E-state index is 0.0856. The van der Waals surface area contributed by atoms with E-state index in [1.54, 1.807) is 12.1 Å². The zero-order valence-electron chi connectivity index (χ0n) is 14.8. The van der Waals surface area contributed by atoms with Gasteiger partial charge in [-0.1, -0.05) is 23.7 Å². The van der Waals surface area contributed by atoms with Crippen molar-refractivity contribution in [1.29, 1.82) is 10.5 Å². The molecule has 0 radical (unpaired) electrons. The number of aromatic nitrogens is 1. The molecule has 0 bridgehead atoms.